The Morgan fingerprint density at radius 1 is 1.21 bits per heavy atom. The quantitative estimate of drug-likeness (QED) is 0.508. The summed E-state index contributed by atoms with van der Waals surface area (Å²) < 4.78 is 24.0. The van der Waals surface area contributed by atoms with Gasteiger partial charge in [0.25, 0.3) is 0 Å². The number of carbonyl (C=O) groups is 1. The van der Waals surface area contributed by atoms with Crippen molar-refractivity contribution in [2.75, 3.05) is 45.4 Å². The molecule has 5 heteroatoms. The zero-order valence-corrected chi connectivity index (χ0v) is 11.4. The SMILES string of the molecule is COCCCN(CCOC)c1ccc(C=O)cc1F. The standard InChI is InChI=1S/C14H20FNO3/c1-18-8-3-6-16(7-9-19-2)14-5-4-12(11-17)10-13(14)15/h4-5,10-11H,3,6-9H2,1-2H3. The summed E-state index contributed by atoms with van der Waals surface area (Å²) in [6.45, 7) is 2.41. The van der Waals surface area contributed by atoms with Gasteiger partial charge in [0, 0.05) is 39.5 Å². The zero-order valence-electron chi connectivity index (χ0n) is 11.4. The van der Waals surface area contributed by atoms with Gasteiger partial charge in [0.1, 0.15) is 12.1 Å². The van der Waals surface area contributed by atoms with E-state index in [1.807, 2.05) is 4.90 Å². The molecule has 0 saturated carbocycles. The van der Waals surface area contributed by atoms with E-state index in [1.165, 1.54) is 6.07 Å². The van der Waals surface area contributed by atoms with Gasteiger partial charge < -0.3 is 14.4 Å². The number of aldehydes is 1. The van der Waals surface area contributed by atoms with Crippen LogP contribution in [0, 0.1) is 5.82 Å². The molecule has 0 spiro atoms. The van der Waals surface area contributed by atoms with Crippen molar-refractivity contribution in [2.24, 2.45) is 0 Å². The molecule has 0 saturated heterocycles. The highest BCUT2D eigenvalue weighted by Gasteiger charge is 2.11. The van der Waals surface area contributed by atoms with Crippen LogP contribution in [0.5, 0.6) is 0 Å². The van der Waals surface area contributed by atoms with Gasteiger partial charge in [0.05, 0.1) is 12.3 Å². The maximum atomic E-state index is 14.0. The summed E-state index contributed by atoms with van der Waals surface area (Å²) in [5.74, 6) is -0.391. The molecule has 0 fully saturated rings. The Kier molecular flexibility index (Phi) is 7.07. The van der Waals surface area contributed by atoms with Crippen molar-refractivity contribution < 1.29 is 18.7 Å². The number of halogens is 1. The average Bonchev–Trinajstić information content (AvgIpc) is 2.43. The van der Waals surface area contributed by atoms with E-state index >= 15 is 0 Å². The topological polar surface area (TPSA) is 38.8 Å². The number of benzene rings is 1. The Bertz CT molecular complexity index is 398. The third-order valence-electron chi connectivity index (χ3n) is 2.79. The van der Waals surface area contributed by atoms with Gasteiger partial charge in [0.15, 0.2) is 0 Å². The highest BCUT2D eigenvalue weighted by atomic mass is 19.1. The molecule has 0 amide bonds. The van der Waals surface area contributed by atoms with Crippen LogP contribution in [0.25, 0.3) is 0 Å². The summed E-state index contributed by atoms with van der Waals surface area (Å²) in [5.41, 5.74) is 0.823. The van der Waals surface area contributed by atoms with Crippen LogP contribution in [0.15, 0.2) is 18.2 Å². The molecule has 0 aliphatic rings. The third-order valence-corrected chi connectivity index (χ3v) is 2.79. The van der Waals surface area contributed by atoms with Crippen molar-refractivity contribution in [1.82, 2.24) is 0 Å². The van der Waals surface area contributed by atoms with E-state index in [4.69, 9.17) is 9.47 Å². The first-order chi connectivity index (χ1) is 9.22. The van der Waals surface area contributed by atoms with Crippen LogP contribution in [-0.2, 0) is 9.47 Å². The largest absolute Gasteiger partial charge is 0.385 e. The van der Waals surface area contributed by atoms with Gasteiger partial charge >= 0.3 is 0 Å². The van der Waals surface area contributed by atoms with Crippen molar-refractivity contribution in [1.29, 1.82) is 0 Å². The molecule has 0 aliphatic carbocycles. The van der Waals surface area contributed by atoms with Crippen molar-refractivity contribution in [3.8, 4) is 0 Å². The normalized spacial score (nSPS) is 10.5. The fourth-order valence-corrected chi connectivity index (χ4v) is 1.81. The second-order valence-corrected chi connectivity index (χ2v) is 4.15. The zero-order chi connectivity index (χ0) is 14.1. The first-order valence-electron chi connectivity index (χ1n) is 6.20. The minimum Gasteiger partial charge on any atom is -0.385 e. The molecule has 0 unspecified atom stereocenters. The molecule has 19 heavy (non-hydrogen) atoms. The molecule has 1 rings (SSSR count). The summed E-state index contributed by atoms with van der Waals surface area (Å²) in [5, 5.41) is 0. The average molecular weight is 269 g/mol. The highest BCUT2D eigenvalue weighted by Crippen LogP contribution is 2.20. The Morgan fingerprint density at radius 2 is 1.95 bits per heavy atom. The number of carbonyl (C=O) groups excluding carboxylic acids is 1. The third kappa shape index (κ3) is 4.96. The number of rotatable bonds is 9. The van der Waals surface area contributed by atoms with Crippen LogP contribution >= 0.6 is 0 Å². The fourth-order valence-electron chi connectivity index (χ4n) is 1.81. The number of hydrogen-bond donors (Lipinski definition) is 0. The lowest BCUT2D eigenvalue weighted by molar-refractivity contribution is 0.112. The van der Waals surface area contributed by atoms with Crippen molar-refractivity contribution in [3.05, 3.63) is 29.6 Å². The lowest BCUT2D eigenvalue weighted by atomic mass is 10.2. The van der Waals surface area contributed by atoms with Crippen molar-refractivity contribution >= 4 is 12.0 Å². The smallest absolute Gasteiger partial charge is 0.150 e. The van der Waals surface area contributed by atoms with Gasteiger partial charge in [-0.15, -0.1) is 0 Å². The van der Waals surface area contributed by atoms with Crippen LogP contribution in [0.2, 0.25) is 0 Å². The van der Waals surface area contributed by atoms with Crippen LogP contribution in [0.1, 0.15) is 16.8 Å². The Morgan fingerprint density at radius 3 is 2.53 bits per heavy atom. The molecule has 0 heterocycles. The molecule has 0 bridgehead atoms. The maximum absolute atomic E-state index is 14.0. The summed E-state index contributed by atoms with van der Waals surface area (Å²) in [7, 11) is 3.25. The number of ether oxygens (including phenoxy) is 2. The lowest BCUT2D eigenvalue weighted by Crippen LogP contribution is -2.29. The van der Waals surface area contributed by atoms with Gasteiger partial charge in [-0.3, -0.25) is 4.79 Å². The Hall–Kier alpha value is -1.46. The van der Waals surface area contributed by atoms with Gasteiger partial charge in [0.2, 0.25) is 0 Å². The molecular formula is C14H20FNO3. The minimum atomic E-state index is -0.391. The number of methoxy groups -OCH3 is 2. The first kappa shape index (κ1) is 15.6. The van der Waals surface area contributed by atoms with E-state index < -0.39 is 5.82 Å². The van der Waals surface area contributed by atoms with Crippen LogP contribution in [0.3, 0.4) is 0 Å². The Balaban J connectivity index is 2.79. The van der Waals surface area contributed by atoms with E-state index in [0.29, 0.717) is 43.8 Å². The molecule has 0 atom stereocenters. The van der Waals surface area contributed by atoms with Gasteiger partial charge in [-0.05, 0) is 24.6 Å². The monoisotopic (exact) mass is 269 g/mol. The molecule has 0 N–H and O–H groups in total. The number of anilines is 1. The molecule has 0 aliphatic heterocycles. The summed E-state index contributed by atoms with van der Waals surface area (Å²) >= 11 is 0. The molecule has 106 valence electrons. The van der Waals surface area contributed by atoms with E-state index in [-0.39, 0.29) is 0 Å². The first-order valence-corrected chi connectivity index (χ1v) is 6.20. The van der Waals surface area contributed by atoms with E-state index in [2.05, 4.69) is 0 Å². The summed E-state index contributed by atoms with van der Waals surface area (Å²) in [6.07, 6.45) is 1.44. The second kappa shape index (κ2) is 8.61. The minimum absolute atomic E-state index is 0.338. The number of nitrogens with zero attached hydrogens (tertiary/aromatic N) is 1. The van der Waals surface area contributed by atoms with Gasteiger partial charge in [-0.1, -0.05) is 0 Å². The fraction of sp³-hybridized carbons (Fsp3) is 0.500. The molecule has 0 radical (unpaired) electrons. The molecule has 1 aromatic rings. The van der Waals surface area contributed by atoms with Gasteiger partial charge in [-0.25, -0.2) is 4.39 Å². The van der Waals surface area contributed by atoms with E-state index in [9.17, 15) is 9.18 Å². The van der Waals surface area contributed by atoms with Crippen LogP contribution in [-0.4, -0.2) is 46.8 Å². The van der Waals surface area contributed by atoms with Crippen molar-refractivity contribution in [2.45, 2.75) is 6.42 Å². The van der Waals surface area contributed by atoms with Crippen LogP contribution in [0.4, 0.5) is 10.1 Å². The molecule has 1 aromatic carbocycles. The predicted molar refractivity (Wildman–Crippen MR) is 72.4 cm³/mol. The highest BCUT2D eigenvalue weighted by molar-refractivity contribution is 5.76. The molecular weight excluding hydrogens is 249 g/mol. The predicted octanol–water partition coefficient (Wildman–Crippen LogP) is 2.13. The lowest BCUT2D eigenvalue weighted by Gasteiger charge is -2.25. The Labute approximate surface area is 113 Å². The molecule has 0 aromatic heterocycles. The van der Waals surface area contributed by atoms with E-state index in [0.717, 1.165) is 6.42 Å². The van der Waals surface area contributed by atoms with Crippen molar-refractivity contribution in [3.63, 3.8) is 0 Å². The number of hydrogen-bond acceptors (Lipinski definition) is 4. The summed E-state index contributed by atoms with van der Waals surface area (Å²) in [6, 6.07) is 4.49. The van der Waals surface area contributed by atoms with Crippen LogP contribution < -0.4 is 4.90 Å². The van der Waals surface area contributed by atoms with E-state index in [1.54, 1.807) is 26.4 Å². The molecule has 4 nitrogen and oxygen atoms in total. The maximum Gasteiger partial charge on any atom is 0.150 e. The second-order valence-electron chi connectivity index (χ2n) is 4.15. The summed E-state index contributed by atoms with van der Waals surface area (Å²) in [4.78, 5) is 12.5. The van der Waals surface area contributed by atoms with Gasteiger partial charge in [-0.2, -0.15) is 0 Å².